The number of rotatable bonds is 4. The lowest BCUT2D eigenvalue weighted by molar-refractivity contribution is 0.0972. The Hall–Kier alpha value is -2.36. The molecule has 1 aliphatic rings. The number of pyridine rings is 1. The zero-order valence-electron chi connectivity index (χ0n) is 11.1. The van der Waals surface area contributed by atoms with Crippen LogP contribution in [0.5, 0.6) is 5.75 Å². The Bertz CT molecular complexity index is 622. The summed E-state index contributed by atoms with van der Waals surface area (Å²) in [7, 11) is 0. The summed E-state index contributed by atoms with van der Waals surface area (Å²) in [4.78, 5) is 15.6. The Kier molecular flexibility index (Phi) is 3.37. The molecule has 1 amide bonds. The third-order valence-corrected chi connectivity index (χ3v) is 3.59. The van der Waals surface area contributed by atoms with Crippen molar-refractivity contribution in [1.29, 1.82) is 0 Å². The molecule has 1 aromatic carbocycles. The molecule has 1 aliphatic carbocycles. The van der Waals surface area contributed by atoms with E-state index in [2.05, 4.69) is 4.98 Å². The van der Waals surface area contributed by atoms with Gasteiger partial charge in [-0.15, -0.1) is 0 Å². The lowest BCUT2D eigenvalue weighted by atomic mass is 9.96. The highest BCUT2D eigenvalue weighted by atomic mass is 16.5. The van der Waals surface area contributed by atoms with E-state index < -0.39 is 5.91 Å². The van der Waals surface area contributed by atoms with Gasteiger partial charge in [0.15, 0.2) is 0 Å². The summed E-state index contributed by atoms with van der Waals surface area (Å²) >= 11 is 0. The molecule has 1 fully saturated rings. The monoisotopic (exact) mass is 268 g/mol. The quantitative estimate of drug-likeness (QED) is 0.927. The molecule has 0 atom stereocenters. The Labute approximate surface area is 117 Å². The number of ether oxygens (including phenoxy) is 1. The number of nitrogens with two attached hydrogens (primary N) is 1. The zero-order chi connectivity index (χ0) is 13.9. The van der Waals surface area contributed by atoms with Gasteiger partial charge in [0, 0.05) is 18.0 Å². The first kappa shape index (κ1) is 12.7. The average molecular weight is 268 g/mol. The number of benzene rings is 1. The van der Waals surface area contributed by atoms with Crippen LogP contribution in [0.1, 0.15) is 29.6 Å². The molecule has 20 heavy (non-hydrogen) atoms. The Morgan fingerprint density at radius 3 is 2.70 bits per heavy atom. The number of carbonyl (C=O) groups excluding carboxylic acids is 1. The van der Waals surface area contributed by atoms with Crippen molar-refractivity contribution >= 4 is 5.91 Å². The first-order valence-electron chi connectivity index (χ1n) is 6.75. The predicted molar refractivity (Wildman–Crippen MR) is 76.5 cm³/mol. The summed E-state index contributed by atoms with van der Waals surface area (Å²) in [6.07, 6.45) is 6.97. The molecule has 2 N–H and O–H groups in total. The number of hydrogen-bond donors (Lipinski definition) is 1. The minimum Gasteiger partial charge on any atom is -0.490 e. The van der Waals surface area contributed by atoms with E-state index in [0.29, 0.717) is 11.3 Å². The van der Waals surface area contributed by atoms with Gasteiger partial charge in [-0.3, -0.25) is 9.78 Å². The van der Waals surface area contributed by atoms with Crippen LogP contribution in [0.15, 0.2) is 42.7 Å². The van der Waals surface area contributed by atoms with Crippen LogP contribution in [0.4, 0.5) is 0 Å². The van der Waals surface area contributed by atoms with Gasteiger partial charge in [-0.2, -0.15) is 0 Å². The predicted octanol–water partition coefficient (Wildman–Crippen LogP) is 2.78. The van der Waals surface area contributed by atoms with Crippen LogP contribution in [0, 0.1) is 0 Å². The Balaban J connectivity index is 1.97. The molecule has 2 aromatic rings. The highest BCUT2D eigenvalue weighted by Gasteiger charge is 2.21. The standard InChI is InChI=1S/C16H16N2O2/c17-16(19)14-7-6-11(12-3-2-8-18-10-12)9-15(14)20-13-4-1-5-13/h2-3,6-10,13H,1,4-5H2,(H2,17,19). The smallest absolute Gasteiger partial charge is 0.252 e. The topological polar surface area (TPSA) is 65.2 Å². The van der Waals surface area contributed by atoms with Gasteiger partial charge in [0.05, 0.1) is 11.7 Å². The number of nitrogens with zero attached hydrogens (tertiary/aromatic N) is 1. The minimum atomic E-state index is -0.461. The van der Waals surface area contributed by atoms with E-state index in [1.54, 1.807) is 18.5 Å². The highest BCUT2D eigenvalue weighted by molar-refractivity contribution is 5.96. The molecule has 0 unspecified atom stereocenters. The van der Waals surface area contributed by atoms with Crippen molar-refractivity contribution in [2.45, 2.75) is 25.4 Å². The van der Waals surface area contributed by atoms with E-state index in [9.17, 15) is 4.79 Å². The second-order valence-corrected chi connectivity index (χ2v) is 4.99. The van der Waals surface area contributed by atoms with E-state index in [1.165, 1.54) is 6.42 Å². The number of aromatic nitrogens is 1. The van der Waals surface area contributed by atoms with Crippen molar-refractivity contribution in [2.75, 3.05) is 0 Å². The van der Waals surface area contributed by atoms with Crippen molar-refractivity contribution in [2.24, 2.45) is 5.73 Å². The summed E-state index contributed by atoms with van der Waals surface area (Å²) in [5.74, 6) is 0.112. The molecule has 1 saturated carbocycles. The first-order valence-corrected chi connectivity index (χ1v) is 6.75. The lowest BCUT2D eigenvalue weighted by Gasteiger charge is -2.27. The number of primary amides is 1. The summed E-state index contributed by atoms with van der Waals surface area (Å²) < 4.78 is 5.88. The van der Waals surface area contributed by atoms with Crippen LogP contribution >= 0.6 is 0 Å². The van der Waals surface area contributed by atoms with Crippen molar-refractivity contribution in [1.82, 2.24) is 4.98 Å². The number of carbonyl (C=O) groups is 1. The molecule has 3 rings (SSSR count). The fourth-order valence-corrected chi connectivity index (χ4v) is 2.20. The molecule has 1 aromatic heterocycles. The summed E-state index contributed by atoms with van der Waals surface area (Å²) in [6, 6.07) is 9.31. The van der Waals surface area contributed by atoms with Crippen LogP contribution in [0.25, 0.3) is 11.1 Å². The van der Waals surface area contributed by atoms with Crippen molar-refractivity contribution in [3.63, 3.8) is 0 Å². The van der Waals surface area contributed by atoms with E-state index in [0.717, 1.165) is 24.0 Å². The van der Waals surface area contributed by atoms with Crippen LogP contribution in [0.3, 0.4) is 0 Å². The second-order valence-electron chi connectivity index (χ2n) is 4.99. The normalized spacial score (nSPS) is 14.6. The summed E-state index contributed by atoms with van der Waals surface area (Å²) in [6.45, 7) is 0. The molecular weight excluding hydrogens is 252 g/mol. The van der Waals surface area contributed by atoms with Gasteiger partial charge in [-0.05, 0) is 43.0 Å². The lowest BCUT2D eigenvalue weighted by Crippen LogP contribution is -2.26. The molecule has 0 aliphatic heterocycles. The van der Waals surface area contributed by atoms with Gasteiger partial charge in [0.1, 0.15) is 5.75 Å². The molecule has 102 valence electrons. The van der Waals surface area contributed by atoms with Crippen LogP contribution in [-0.2, 0) is 0 Å². The Morgan fingerprint density at radius 2 is 2.10 bits per heavy atom. The van der Waals surface area contributed by atoms with Crippen LogP contribution in [0.2, 0.25) is 0 Å². The van der Waals surface area contributed by atoms with E-state index in [4.69, 9.17) is 10.5 Å². The molecule has 0 bridgehead atoms. The fourth-order valence-electron chi connectivity index (χ4n) is 2.20. The molecule has 0 saturated heterocycles. The van der Waals surface area contributed by atoms with Crippen molar-refractivity contribution in [3.05, 3.63) is 48.3 Å². The molecule has 4 heteroatoms. The molecular formula is C16H16N2O2. The second kappa shape index (κ2) is 5.33. The fraction of sp³-hybridized carbons (Fsp3) is 0.250. The van der Waals surface area contributed by atoms with E-state index in [-0.39, 0.29) is 6.10 Å². The minimum absolute atomic E-state index is 0.206. The Morgan fingerprint density at radius 1 is 1.25 bits per heavy atom. The largest absolute Gasteiger partial charge is 0.490 e. The van der Waals surface area contributed by atoms with Gasteiger partial charge in [-0.25, -0.2) is 0 Å². The molecule has 4 nitrogen and oxygen atoms in total. The van der Waals surface area contributed by atoms with Gasteiger partial charge in [0.25, 0.3) is 5.91 Å². The summed E-state index contributed by atoms with van der Waals surface area (Å²) in [5, 5.41) is 0. The highest BCUT2D eigenvalue weighted by Crippen LogP contribution is 2.31. The van der Waals surface area contributed by atoms with Gasteiger partial charge >= 0.3 is 0 Å². The maximum absolute atomic E-state index is 11.5. The molecule has 0 spiro atoms. The van der Waals surface area contributed by atoms with Crippen molar-refractivity contribution < 1.29 is 9.53 Å². The third-order valence-electron chi connectivity index (χ3n) is 3.59. The first-order chi connectivity index (χ1) is 9.74. The summed E-state index contributed by atoms with van der Waals surface area (Å²) in [5.41, 5.74) is 7.80. The van der Waals surface area contributed by atoms with Crippen molar-refractivity contribution in [3.8, 4) is 16.9 Å². The van der Waals surface area contributed by atoms with E-state index >= 15 is 0 Å². The van der Waals surface area contributed by atoms with E-state index in [1.807, 2.05) is 24.3 Å². The zero-order valence-corrected chi connectivity index (χ0v) is 11.1. The maximum Gasteiger partial charge on any atom is 0.252 e. The van der Waals surface area contributed by atoms with Crippen LogP contribution in [-0.4, -0.2) is 17.0 Å². The SMILES string of the molecule is NC(=O)c1ccc(-c2cccnc2)cc1OC1CCC1. The number of amides is 1. The van der Waals surface area contributed by atoms with Crippen LogP contribution < -0.4 is 10.5 Å². The maximum atomic E-state index is 11.5. The van der Waals surface area contributed by atoms with Gasteiger partial charge in [0.2, 0.25) is 0 Å². The molecule has 0 radical (unpaired) electrons. The van der Waals surface area contributed by atoms with Gasteiger partial charge < -0.3 is 10.5 Å². The molecule has 1 heterocycles. The van der Waals surface area contributed by atoms with Gasteiger partial charge in [-0.1, -0.05) is 12.1 Å². The number of hydrogen-bond acceptors (Lipinski definition) is 3. The third kappa shape index (κ3) is 2.50. The average Bonchev–Trinajstić information content (AvgIpc) is 2.43.